The third kappa shape index (κ3) is 3.29. The Balaban J connectivity index is 2.85. The van der Waals surface area contributed by atoms with Crippen LogP contribution in [0.5, 0.6) is 5.75 Å². The van der Waals surface area contributed by atoms with Crippen molar-refractivity contribution >= 4 is 5.69 Å². The largest absolute Gasteiger partial charge is 0.494 e. The molecule has 0 aromatic heterocycles. The summed E-state index contributed by atoms with van der Waals surface area (Å²) in [5.74, 6) is -0.682. The molecule has 0 heterocycles. The van der Waals surface area contributed by atoms with Crippen molar-refractivity contribution in [3.8, 4) is 5.75 Å². The van der Waals surface area contributed by atoms with Crippen LogP contribution >= 0.6 is 0 Å². The van der Waals surface area contributed by atoms with Crippen LogP contribution in [0.4, 0.5) is 23.2 Å². The van der Waals surface area contributed by atoms with Crippen molar-refractivity contribution in [2.45, 2.75) is 6.18 Å². The van der Waals surface area contributed by atoms with Gasteiger partial charge in [-0.05, 0) is 12.1 Å². The third-order valence-electron chi connectivity index (χ3n) is 1.99. The fraction of sp³-hybridized carbons (Fsp3) is 0.400. The van der Waals surface area contributed by atoms with E-state index in [0.717, 1.165) is 11.0 Å². The smallest absolute Gasteiger partial charge is 0.405 e. The zero-order chi connectivity index (χ0) is 12.3. The van der Waals surface area contributed by atoms with Gasteiger partial charge in [0.1, 0.15) is 6.54 Å². The number of ether oxygens (including phenoxy) is 1. The van der Waals surface area contributed by atoms with E-state index in [1.807, 2.05) is 0 Å². The first-order chi connectivity index (χ1) is 7.33. The molecule has 0 fully saturated rings. The number of halogens is 4. The minimum absolute atomic E-state index is 0.00385. The first-order valence-electron chi connectivity index (χ1n) is 4.45. The molecule has 0 aliphatic carbocycles. The van der Waals surface area contributed by atoms with Crippen LogP contribution in [-0.2, 0) is 0 Å². The normalized spacial score (nSPS) is 11.4. The Morgan fingerprint density at radius 2 is 1.94 bits per heavy atom. The average molecular weight is 237 g/mol. The van der Waals surface area contributed by atoms with E-state index in [1.165, 1.54) is 26.3 Å². The van der Waals surface area contributed by atoms with E-state index in [-0.39, 0.29) is 11.4 Å². The standard InChI is InChI=1S/C10H11F4NO/c1-15(6-10(12,13)14)7-3-4-9(16-2)8(11)5-7/h3-5H,6H2,1-2H3. The minimum atomic E-state index is -4.31. The molecule has 0 aliphatic heterocycles. The van der Waals surface area contributed by atoms with E-state index in [0.29, 0.717) is 0 Å². The molecule has 0 amide bonds. The SMILES string of the molecule is COc1ccc(N(C)CC(F)(F)F)cc1F. The minimum Gasteiger partial charge on any atom is -0.494 e. The Bertz CT molecular complexity index is 364. The number of hydrogen-bond donors (Lipinski definition) is 0. The summed E-state index contributed by atoms with van der Waals surface area (Å²) in [4.78, 5) is 0.919. The summed E-state index contributed by atoms with van der Waals surface area (Å²) in [6.07, 6.45) is -4.31. The van der Waals surface area contributed by atoms with Gasteiger partial charge < -0.3 is 9.64 Å². The number of alkyl halides is 3. The molecule has 0 N–H and O–H groups in total. The van der Waals surface area contributed by atoms with Crippen LogP contribution in [0.3, 0.4) is 0 Å². The van der Waals surface area contributed by atoms with Gasteiger partial charge in [0.15, 0.2) is 11.6 Å². The molecular formula is C10H11F4NO. The number of hydrogen-bond acceptors (Lipinski definition) is 2. The number of rotatable bonds is 3. The van der Waals surface area contributed by atoms with E-state index < -0.39 is 18.5 Å². The second-order valence-electron chi connectivity index (χ2n) is 3.29. The van der Waals surface area contributed by atoms with Crippen LogP contribution in [0.25, 0.3) is 0 Å². The molecule has 1 rings (SSSR count). The molecule has 0 radical (unpaired) electrons. The quantitative estimate of drug-likeness (QED) is 0.749. The van der Waals surface area contributed by atoms with E-state index in [4.69, 9.17) is 0 Å². The van der Waals surface area contributed by atoms with Gasteiger partial charge in [0.2, 0.25) is 0 Å². The second-order valence-corrected chi connectivity index (χ2v) is 3.29. The van der Waals surface area contributed by atoms with Crippen LogP contribution in [0, 0.1) is 5.82 Å². The summed E-state index contributed by atoms with van der Waals surface area (Å²) in [6, 6.07) is 3.66. The second kappa shape index (κ2) is 4.59. The van der Waals surface area contributed by atoms with Crippen LogP contribution in [0.1, 0.15) is 0 Å². The van der Waals surface area contributed by atoms with Crippen molar-refractivity contribution in [2.24, 2.45) is 0 Å². The van der Waals surface area contributed by atoms with Gasteiger partial charge in [0, 0.05) is 18.8 Å². The lowest BCUT2D eigenvalue weighted by Crippen LogP contribution is -2.30. The topological polar surface area (TPSA) is 12.5 Å². The first-order valence-corrected chi connectivity index (χ1v) is 4.45. The molecule has 0 atom stereocenters. The summed E-state index contributed by atoms with van der Waals surface area (Å²) in [7, 11) is 2.53. The molecule has 1 aromatic rings. The van der Waals surface area contributed by atoms with Crippen molar-refractivity contribution in [3.63, 3.8) is 0 Å². The van der Waals surface area contributed by atoms with Crippen molar-refractivity contribution in [1.29, 1.82) is 0 Å². The fourth-order valence-electron chi connectivity index (χ4n) is 1.25. The summed E-state index contributed by atoms with van der Waals surface area (Å²) in [5.41, 5.74) is 0.149. The van der Waals surface area contributed by atoms with Crippen LogP contribution in [0.2, 0.25) is 0 Å². The molecular weight excluding hydrogens is 226 g/mol. The van der Waals surface area contributed by atoms with Gasteiger partial charge in [-0.1, -0.05) is 0 Å². The molecule has 0 saturated heterocycles. The highest BCUT2D eigenvalue weighted by Crippen LogP contribution is 2.25. The maximum atomic E-state index is 13.2. The summed E-state index contributed by atoms with van der Waals surface area (Å²) >= 11 is 0. The highest BCUT2D eigenvalue weighted by atomic mass is 19.4. The molecule has 0 aliphatic rings. The van der Waals surface area contributed by atoms with Gasteiger partial charge in [0.25, 0.3) is 0 Å². The van der Waals surface area contributed by atoms with Gasteiger partial charge in [-0.15, -0.1) is 0 Å². The molecule has 1 aromatic carbocycles. The van der Waals surface area contributed by atoms with Crippen molar-refractivity contribution < 1.29 is 22.3 Å². The Morgan fingerprint density at radius 3 is 2.38 bits per heavy atom. The number of anilines is 1. The predicted molar refractivity (Wildman–Crippen MR) is 52.3 cm³/mol. The van der Waals surface area contributed by atoms with E-state index in [2.05, 4.69) is 4.74 Å². The lowest BCUT2D eigenvalue weighted by Gasteiger charge is -2.21. The third-order valence-corrected chi connectivity index (χ3v) is 1.99. The Morgan fingerprint density at radius 1 is 1.31 bits per heavy atom. The van der Waals surface area contributed by atoms with Gasteiger partial charge in [-0.25, -0.2) is 4.39 Å². The summed E-state index contributed by atoms with van der Waals surface area (Å²) in [6.45, 7) is -1.13. The number of nitrogens with zero attached hydrogens (tertiary/aromatic N) is 1. The van der Waals surface area contributed by atoms with E-state index in [1.54, 1.807) is 0 Å². The Kier molecular flexibility index (Phi) is 3.62. The highest BCUT2D eigenvalue weighted by molar-refractivity contribution is 5.49. The lowest BCUT2D eigenvalue weighted by atomic mass is 10.2. The lowest BCUT2D eigenvalue weighted by molar-refractivity contribution is -0.119. The highest BCUT2D eigenvalue weighted by Gasteiger charge is 2.29. The zero-order valence-electron chi connectivity index (χ0n) is 8.81. The first kappa shape index (κ1) is 12.6. The Labute approximate surface area is 90.4 Å². The molecule has 0 saturated carbocycles. The van der Waals surface area contributed by atoms with Gasteiger partial charge in [0.05, 0.1) is 7.11 Å². The monoisotopic (exact) mass is 237 g/mol. The zero-order valence-corrected chi connectivity index (χ0v) is 8.81. The van der Waals surface area contributed by atoms with Crippen LogP contribution < -0.4 is 9.64 Å². The van der Waals surface area contributed by atoms with Gasteiger partial charge in [-0.2, -0.15) is 13.2 Å². The van der Waals surface area contributed by atoms with E-state index >= 15 is 0 Å². The maximum Gasteiger partial charge on any atom is 0.405 e. The molecule has 0 unspecified atom stereocenters. The molecule has 90 valence electrons. The van der Waals surface area contributed by atoms with Crippen molar-refractivity contribution in [3.05, 3.63) is 24.0 Å². The van der Waals surface area contributed by atoms with Crippen molar-refractivity contribution in [2.75, 3.05) is 25.6 Å². The average Bonchev–Trinajstić information content (AvgIpc) is 2.15. The fourth-order valence-corrected chi connectivity index (χ4v) is 1.25. The van der Waals surface area contributed by atoms with E-state index in [9.17, 15) is 17.6 Å². The van der Waals surface area contributed by atoms with Gasteiger partial charge in [-0.3, -0.25) is 0 Å². The molecule has 2 nitrogen and oxygen atoms in total. The van der Waals surface area contributed by atoms with Gasteiger partial charge >= 0.3 is 6.18 Å². The van der Waals surface area contributed by atoms with Crippen LogP contribution in [0.15, 0.2) is 18.2 Å². The predicted octanol–water partition coefficient (Wildman–Crippen LogP) is 2.83. The summed E-state index contributed by atoms with van der Waals surface area (Å²) < 4.78 is 54.1. The summed E-state index contributed by atoms with van der Waals surface area (Å²) in [5, 5.41) is 0. The molecule has 6 heteroatoms. The van der Waals surface area contributed by atoms with Crippen LogP contribution in [-0.4, -0.2) is 26.9 Å². The maximum absolute atomic E-state index is 13.2. The van der Waals surface area contributed by atoms with Crippen molar-refractivity contribution in [1.82, 2.24) is 0 Å². The molecule has 0 bridgehead atoms. The Hall–Kier alpha value is -1.46. The molecule has 16 heavy (non-hydrogen) atoms. The molecule has 0 spiro atoms. The number of benzene rings is 1. The number of methoxy groups -OCH3 is 1.